The number of aromatic nitrogens is 2. The summed E-state index contributed by atoms with van der Waals surface area (Å²) in [6, 6.07) is 13.3. The molecule has 1 atom stereocenters. The number of aryl methyl sites for hydroxylation is 1. The third-order valence-corrected chi connectivity index (χ3v) is 7.58. The Bertz CT molecular complexity index is 1740. The van der Waals surface area contributed by atoms with Gasteiger partial charge in [-0.25, -0.2) is 8.42 Å². The Balaban J connectivity index is 1.46. The van der Waals surface area contributed by atoms with Crippen LogP contribution in [0.2, 0.25) is 0 Å². The van der Waals surface area contributed by atoms with Crippen LogP contribution in [0.5, 0.6) is 5.75 Å². The second kappa shape index (κ2) is 9.82. The molecule has 1 aliphatic rings. The molecule has 1 saturated heterocycles. The largest absolute Gasteiger partial charge is 0.488 e. The molecule has 2 aromatic carbocycles. The van der Waals surface area contributed by atoms with Crippen LogP contribution >= 0.6 is 0 Å². The summed E-state index contributed by atoms with van der Waals surface area (Å²) < 4.78 is 32.3. The van der Waals surface area contributed by atoms with Crippen LogP contribution in [-0.4, -0.2) is 42.1 Å². The minimum Gasteiger partial charge on any atom is -0.488 e. The summed E-state index contributed by atoms with van der Waals surface area (Å²) in [4.78, 5) is 39.2. The summed E-state index contributed by atoms with van der Waals surface area (Å²) >= 11 is 0. The predicted octanol–water partition coefficient (Wildman–Crippen LogP) is 2.73. The number of pyridine rings is 1. The summed E-state index contributed by atoms with van der Waals surface area (Å²) in [7, 11) is -1.86. The molecule has 0 aliphatic carbocycles. The molecule has 0 spiro atoms. The molecule has 5 rings (SSSR count). The summed E-state index contributed by atoms with van der Waals surface area (Å²) in [5, 5.41) is 6.14. The van der Waals surface area contributed by atoms with Crippen molar-refractivity contribution in [3.8, 4) is 16.9 Å². The first-order valence-electron chi connectivity index (χ1n) is 11.9. The summed E-state index contributed by atoms with van der Waals surface area (Å²) in [5.41, 5.74) is 2.92. The zero-order chi connectivity index (χ0) is 27.0. The van der Waals surface area contributed by atoms with Gasteiger partial charge in [-0.2, -0.15) is 0 Å². The molecule has 2 aromatic heterocycles. The molecular formula is C27H26N4O6S. The Hall–Kier alpha value is -4.38. The van der Waals surface area contributed by atoms with Gasteiger partial charge in [0.25, 0.3) is 5.56 Å². The number of carbonyl (C=O) groups is 2. The SMILES string of the molecule is Cn1cc(-c2cc(S(C)(=O)=O)ccc2OCc2cccc(NC3CCC(=O)NC3=O)c2)c2cc[nH]c2c1=O. The van der Waals surface area contributed by atoms with Crippen molar-refractivity contribution in [1.29, 1.82) is 0 Å². The molecule has 1 fully saturated rings. The van der Waals surface area contributed by atoms with Crippen molar-refractivity contribution in [2.45, 2.75) is 30.4 Å². The van der Waals surface area contributed by atoms with Gasteiger partial charge >= 0.3 is 0 Å². The second-order valence-electron chi connectivity index (χ2n) is 9.29. The van der Waals surface area contributed by atoms with E-state index in [0.717, 1.165) is 11.8 Å². The van der Waals surface area contributed by atoms with E-state index in [-0.39, 0.29) is 35.3 Å². The van der Waals surface area contributed by atoms with Crippen LogP contribution in [0.4, 0.5) is 5.69 Å². The van der Waals surface area contributed by atoms with Gasteiger partial charge in [-0.3, -0.25) is 19.7 Å². The second-order valence-corrected chi connectivity index (χ2v) is 11.3. The Labute approximate surface area is 218 Å². The molecule has 1 unspecified atom stereocenters. The summed E-state index contributed by atoms with van der Waals surface area (Å²) in [5.74, 6) is -0.183. The van der Waals surface area contributed by atoms with E-state index in [0.29, 0.717) is 39.9 Å². The van der Waals surface area contributed by atoms with Crippen molar-refractivity contribution in [3.63, 3.8) is 0 Å². The summed E-state index contributed by atoms with van der Waals surface area (Å²) in [6.45, 7) is 0.165. The van der Waals surface area contributed by atoms with Gasteiger partial charge in [0, 0.05) is 54.3 Å². The number of nitrogens with zero attached hydrogens (tertiary/aromatic N) is 1. The molecule has 0 radical (unpaired) electrons. The Kier molecular flexibility index (Phi) is 6.53. The van der Waals surface area contributed by atoms with E-state index in [1.54, 1.807) is 37.6 Å². The molecule has 3 N–H and O–H groups in total. The fraction of sp³-hybridized carbons (Fsp3) is 0.222. The summed E-state index contributed by atoms with van der Waals surface area (Å²) in [6.07, 6.45) is 5.15. The monoisotopic (exact) mass is 534 g/mol. The highest BCUT2D eigenvalue weighted by Crippen LogP contribution is 2.36. The number of carbonyl (C=O) groups excluding carboxylic acids is 2. The van der Waals surface area contributed by atoms with Gasteiger partial charge in [-0.05, 0) is 48.4 Å². The molecule has 4 aromatic rings. The number of nitrogens with one attached hydrogen (secondary N) is 3. The molecule has 0 saturated carbocycles. The fourth-order valence-corrected chi connectivity index (χ4v) is 5.15. The molecular weight excluding hydrogens is 508 g/mol. The van der Waals surface area contributed by atoms with Crippen LogP contribution in [0.1, 0.15) is 18.4 Å². The maximum absolute atomic E-state index is 12.6. The Morgan fingerprint density at radius 2 is 1.89 bits per heavy atom. The lowest BCUT2D eigenvalue weighted by molar-refractivity contribution is -0.133. The van der Waals surface area contributed by atoms with Crippen LogP contribution in [-0.2, 0) is 33.1 Å². The number of imide groups is 1. The molecule has 10 nitrogen and oxygen atoms in total. The molecule has 2 amide bonds. The first-order chi connectivity index (χ1) is 18.1. The average Bonchev–Trinajstić information content (AvgIpc) is 3.37. The van der Waals surface area contributed by atoms with Gasteiger partial charge in [0.05, 0.1) is 4.90 Å². The topological polar surface area (TPSA) is 139 Å². The maximum atomic E-state index is 12.6. The van der Waals surface area contributed by atoms with Crippen molar-refractivity contribution in [2.75, 3.05) is 11.6 Å². The van der Waals surface area contributed by atoms with Gasteiger partial charge in [0.15, 0.2) is 9.84 Å². The van der Waals surface area contributed by atoms with E-state index in [9.17, 15) is 22.8 Å². The molecule has 11 heteroatoms. The lowest BCUT2D eigenvalue weighted by atomic mass is 10.0. The number of benzene rings is 2. The quantitative estimate of drug-likeness (QED) is 0.310. The number of hydrogen-bond donors (Lipinski definition) is 3. The zero-order valence-corrected chi connectivity index (χ0v) is 21.6. The van der Waals surface area contributed by atoms with E-state index >= 15 is 0 Å². The number of H-pyrrole nitrogens is 1. The molecule has 0 bridgehead atoms. The third kappa shape index (κ3) is 5.05. The number of anilines is 1. The van der Waals surface area contributed by atoms with E-state index in [1.165, 1.54) is 10.6 Å². The number of piperidine rings is 1. The van der Waals surface area contributed by atoms with Gasteiger partial charge in [-0.1, -0.05) is 12.1 Å². The van der Waals surface area contributed by atoms with Gasteiger partial charge in [-0.15, -0.1) is 0 Å². The molecule has 38 heavy (non-hydrogen) atoms. The van der Waals surface area contributed by atoms with Crippen LogP contribution in [0.3, 0.4) is 0 Å². The van der Waals surface area contributed by atoms with Gasteiger partial charge < -0.3 is 19.6 Å². The molecule has 3 heterocycles. The fourth-order valence-electron chi connectivity index (χ4n) is 4.50. The number of sulfone groups is 1. The number of aromatic amines is 1. The number of hydrogen-bond acceptors (Lipinski definition) is 7. The van der Waals surface area contributed by atoms with Crippen molar-refractivity contribution in [1.82, 2.24) is 14.9 Å². The maximum Gasteiger partial charge on any atom is 0.274 e. The van der Waals surface area contributed by atoms with E-state index in [2.05, 4.69) is 15.6 Å². The minimum absolute atomic E-state index is 0.132. The standard InChI is InChI=1S/C27H26N4O6S/c1-31-14-21(19-10-11-28-25(19)27(31)34)20-13-18(38(2,35)36)6-8-23(20)37-15-16-4-3-5-17(12-16)29-22-7-9-24(32)30-26(22)33/h3-6,8,10-14,22,28-29H,7,9,15H2,1-2H3,(H,30,32,33). The van der Waals surface area contributed by atoms with E-state index in [1.807, 2.05) is 24.3 Å². The first-order valence-corrected chi connectivity index (χ1v) is 13.8. The van der Waals surface area contributed by atoms with Crippen LogP contribution in [0.15, 0.2) is 70.6 Å². The van der Waals surface area contributed by atoms with Crippen LogP contribution in [0, 0.1) is 0 Å². The normalized spacial score (nSPS) is 15.9. The minimum atomic E-state index is -3.50. The van der Waals surface area contributed by atoms with E-state index < -0.39 is 15.9 Å². The zero-order valence-electron chi connectivity index (χ0n) is 20.8. The number of ether oxygens (including phenoxy) is 1. The average molecular weight is 535 g/mol. The highest BCUT2D eigenvalue weighted by atomic mass is 32.2. The smallest absolute Gasteiger partial charge is 0.274 e. The molecule has 196 valence electrons. The van der Waals surface area contributed by atoms with Crippen molar-refractivity contribution in [2.24, 2.45) is 7.05 Å². The van der Waals surface area contributed by atoms with Crippen LogP contribution < -0.4 is 20.9 Å². The van der Waals surface area contributed by atoms with Crippen molar-refractivity contribution in [3.05, 3.63) is 76.8 Å². The van der Waals surface area contributed by atoms with Crippen LogP contribution in [0.25, 0.3) is 22.0 Å². The van der Waals surface area contributed by atoms with Gasteiger partial charge in [0.1, 0.15) is 23.9 Å². The van der Waals surface area contributed by atoms with E-state index in [4.69, 9.17) is 4.74 Å². The third-order valence-electron chi connectivity index (χ3n) is 6.46. The van der Waals surface area contributed by atoms with Crippen molar-refractivity contribution >= 4 is 38.2 Å². The number of rotatable bonds is 7. The highest BCUT2D eigenvalue weighted by molar-refractivity contribution is 7.90. The predicted molar refractivity (Wildman–Crippen MR) is 143 cm³/mol. The Morgan fingerprint density at radius 3 is 2.66 bits per heavy atom. The Morgan fingerprint density at radius 1 is 1.08 bits per heavy atom. The lowest BCUT2D eigenvalue weighted by Gasteiger charge is -2.23. The lowest BCUT2D eigenvalue weighted by Crippen LogP contribution is -2.47. The van der Waals surface area contributed by atoms with Crippen molar-refractivity contribution < 1.29 is 22.7 Å². The number of amides is 2. The first kappa shape index (κ1) is 25.3. The molecule has 1 aliphatic heterocycles. The number of fused-ring (bicyclic) bond motifs is 1. The highest BCUT2D eigenvalue weighted by Gasteiger charge is 2.26. The van der Waals surface area contributed by atoms with Gasteiger partial charge in [0.2, 0.25) is 11.8 Å².